The molecule has 34 heavy (non-hydrogen) atoms. The highest BCUT2D eigenvalue weighted by Gasteiger charge is 2.42. The maximum absolute atomic E-state index is 13.5. The highest BCUT2D eigenvalue weighted by molar-refractivity contribution is 7.89. The Hall–Kier alpha value is -3.09. The molecule has 1 unspecified atom stereocenters. The average molecular weight is 500 g/mol. The van der Waals surface area contributed by atoms with Gasteiger partial charge in [0.05, 0.1) is 19.9 Å². The van der Waals surface area contributed by atoms with Crippen molar-refractivity contribution in [2.45, 2.75) is 30.4 Å². The van der Waals surface area contributed by atoms with Crippen LogP contribution in [-0.4, -0.2) is 48.0 Å². The summed E-state index contributed by atoms with van der Waals surface area (Å²) in [5.74, 6) is 1.17. The van der Waals surface area contributed by atoms with E-state index in [1.54, 1.807) is 48.5 Å². The third-order valence-electron chi connectivity index (χ3n) is 5.12. The molecule has 1 atom stereocenters. The lowest BCUT2D eigenvalue weighted by molar-refractivity contribution is -0.208. The third-order valence-corrected chi connectivity index (χ3v) is 6.79. The van der Waals surface area contributed by atoms with Crippen LogP contribution >= 0.6 is 0 Å². The van der Waals surface area contributed by atoms with Crippen LogP contribution in [0, 0.1) is 0 Å². The van der Waals surface area contributed by atoms with Gasteiger partial charge in [0.1, 0.15) is 11.5 Å². The molecule has 0 fully saturated rings. The van der Waals surface area contributed by atoms with Crippen LogP contribution in [0.25, 0.3) is 0 Å². The van der Waals surface area contributed by atoms with Gasteiger partial charge in [-0.3, -0.25) is 4.68 Å². The number of ether oxygens (including phenoxy) is 2. The number of aryl methyl sites for hydroxylation is 1. The molecule has 0 aliphatic rings. The second-order valence-electron chi connectivity index (χ2n) is 7.44. The summed E-state index contributed by atoms with van der Waals surface area (Å²) in [5, 5.41) is 12.8. The number of methoxy groups -OCH3 is 2. The van der Waals surface area contributed by atoms with Gasteiger partial charge in [-0.25, -0.2) is 8.42 Å². The average Bonchev–Trinajstić information content (AvgIpc) is 3.20. The first-order valence-corrected chi connectivity index (χ1v) is 11.4. The van der Waals surface area contributed by atoms with Crippen LogP contribution in [0.15, 0.2) is 59.6 Å². The molecule has 8 nitrogen and oxygen atoms in total. The maximum atomic E-state index is 13.5. The molecule has 0 saturated carbocycles. The first-order chi connectivity index (χ1) is 16.0. The van der Waals surface area contributed by atoms with E-state index in [2.05, 4.69) is 5.10 Å². The Balaban J connectivity index is 1.99. The number of alkyl halides is 3. The Kier molecular flexibility index (Phi) is 7.54. The second kappa shape index (κ2) is 10.0. The number of sulfonamides is 1. The summed E-state index contributed by atoms with van der Waals surface area (Å²) in [6.07, 6.45) is -7.84. The van der Waals surface area contributed by atoms with Gasteiger partial charge in [0.2, 0.25) is 0 Å². The van der Waals surface area contributed by atoms with Crippen molar-refractivity contribution in [2.24, 2.45) is 7.05 Å². The molecule has 1 heterocycles. The summed E-state index contributed by atoms with van der Waals surface area (Å²) in [6, 6.07) is 14.2. The lowest BCUT2D eigenvalue weighted by Crippen LogP contribution is -2.30. The van der Waals surface area contributed by atoms with Gasteiger partial charge in [-0.15, -0.1) is 0 Å². The van der Waals surface area contributed by atoms with Gasteiger partial charge >= 0.3 is 6.18 Å². The van der Waals surface area contributed by atoms with E-state index in [9.17, 15) is 26.7 Å². The van der Waals surface area contributed by atoms with Gasteiger partial charge in [0.15, 0.2) is 11.1 Å². The normalized spacial score (nSPS) is 13.2. The van der Waals surface area contributed by atoms with E-state index in [0.717, 1.165) is 17.4 Å². The first-order valence-electron chi connectivity index (χ1n) is 10.0. The molecule has 0 bridgehead atoms. The molecular weight excluding hydrogens is 475 g/mol. The zero-order valence-corrected chi connectivity index (χ0v) is 19.5. The summed E-state index contributed by atoms with van der Waals surface area (Å²) in [4.78, 5) is 0. The molecule has 2 aromatic carbocycles. The standard InChI is InChI=1S/C22H24F3N3O5S/c1-27-19(21(29)22(23,24)25)12-20(26-27)34(30,31)28(13-15-4-8-17(32-2)9-5-15)14-16-6-10-18(33-3)11-7-16/h4-12,21,29H,13-14H2,1-3H3. The molecule has 0 radical (unpaired) electrons. The van der Waals surface area contributed by atoms with E-state index in [1.807, 2.05) is 0 Å². The van der Waals surface area contributed by atoms with E-state index in [0.29, 0.717) is 27.3 Å². The zero-order valence-electron chi connectivity index (χ0n) is 18.7. The highest BCUT2D eigenvalue weighted by atomic mass is 32.2. The number of hydrogen-bond donors (Lipinski definition) is 1. The zero-order chi connectivity index (χ0) is 25.1. The minimum Gasteiger partial charge on any atom is -0.497 e. The predicted octanol–water partition coefficient (Wildman–Crippen LogP) is 3.42. The van der Waals surface area contributed by atoms with Crippen molar-refractivity contribution in [3.63, 3.8) is 0 Å². The Morgan fingerprint density at radius 1 is 0.971 bits per heavy atom. The van der Waals surface area contributed by atoms with Crippen molar-refractivity contribution in [1.29, 1.82) is 0 Å². The van der Waals surface area contributed by atoms with E-state index in [1.165, 1.54) is 14.2 Å². The molecule has 0 amide bonds. The van der Waals surface area contributed by atoms with Crippen LogP contribution in [0.3, 0.4) is 0 Å². The van der Waals surface area contributed by atoms with Gasteiger partial charge < -0.3 is 14.6 Å². The van der Waals surface area contributed by atoms with Crippen molar-refractivity contribution in [2.75, 3.05) is 14.2 Å². The fraction of sp³-hybridized carbons (Fsp3) is 0.318. The largest absolute Gasteiger partial charge is 0.497 e. The van der Waals surface area contributed by atoms with Crippen molar-refractivity contribution >= 4 is 10.0 Å². The van der Waals surface area contributed by atoms with Crippen LogP contribution in [0.1, 0.15) is 22.9 Å². The number of rotatable bonds is 9. The SMILES string of the molecule is COc1ccc(CN(Cc2ccc(OC)cc2)S(=O)(=O)c2cc(C(O)C(F)(F)F)n(C)n2)cc1. The predicted molar refractivity (Wildman–Crippen MR) is 117 cm³/mol. The number of halogens is 3. The smallest absolute Gasteiger partial charge is 0.420 e. The van der Waals surface area contributed by atoms with E-state index < -0.39 is 33.0 Å². The van der Waals surface area contributed by atoms with Gasteiger partial charge in [-0.2, -0.15) is 22.6 Å². The third kappa shape index (κ3) is 5.69. The van der Waals surface area contributed by atoms with Crippen LogP contribution in [0.5, 0.6) is 11.5 Å². The lowest BCUT2D eigenvalue weighted by Gasteiger charge is -2.21. The molecule has 0 aliphatic heterocycles. The number of benzene rings is 2. The molecule has 12 heteroatoms. The Labute approximate surface area is 195 Å². The minimum atomic E-state index is -4.97. The van der Waals surface area contributed by atoms with Crippen molar-refractivity contribution in [3.05, 3.63) is 71.4 Å². The molecule has 1 N–H and O–H groups in total. The maximum Gasteiger partial charge on any atom is 0.420 e. The van der Waals surface area contributed by atoms with Crippen LogP contribution in [0.2, 0.25) is 0 Å². The van der Waals surface area contributed by atoms with Crippen LogP contribution in [-0.2, 0) is 30.2 Å². The molecular formula is C22H24F3N3O5S. The monoisotopic (exact) mass is 499 g/mol. The highest BCUT2D eigenvalue weighted by Crippen LogP contribution is 2.33. The molecule has 184 valence electrons. The number of nitrogens with zero attached hydrogens (tertiary/aromatic N) is 3. The first kappa shape index (κ1) is 25.5. The van der Waals surface area contributed by atoms with Crippen molar-refractivity contribution in [3.8, 4) is 11.5 Å². The summed E-state index contributed by atoms with van der Waals surface area (Å²) in [5.41, 5.74) is 0.577. The minimum absolute atomic E-state index is 0.0773. The molecule has 1 aromatic heterocycles. The van der Waals surface area contributed by atoms with Gasteiger partial charge in [0.25, 0.3) is 10.0 Å². The summed E-state index contributed by atoms with van der Waals surface area (Å²) >= 11 is 0. The Morgan fingerprint density at radius 3 is 1.79 bits per heavy atom. The van der Waals surface area contributed by atoms with Gasteiger partial charge in [-0.05, 0) is 35.4 Å². The summed E-state index contributed by atoms with van der Waals surface area (Å²) < 4.78 is 78.0. The van der Waals surface area contributed by atoms with E-state index >= 15 is 0 Å². The van der Waals surface area contributed by atoms with Crippen LogP contribution in [0.4, 0.5) is 13.2 Å². The number of aliphatic hydroxyl groups is 1. The topological polar surface area (TPSA) is 93.9 Å². The van der Waals surface area contributed by atoms with E-state index in [-0.39, 0.29) is 13.1 Å². The molecule has 3 rings (SSSR count). The molecule has 3 aromatic rings. The van der Waals surface area contributed by atoms with Gasteiger partial charge in [0, 0.05) is 26.2 Å². The fourth-order valence-electron chi connectivity index (χ4n) is 3.23. The molecule has 0 saturated heterocycles. The molecule has 0 spiro atoms. The van der Waals surface area contributed by atoms with Crippen molar-refractivity contribution in [1.82, 2.24) is 14.1 Å². The number of aliphatic hydroxyl groups excluding tert-OH is 1. The summed E-state index contributed by atoms with van der Waals surface area (Å²) in [7, 11) is -0.203. The molecule has 0 aliphatic carbocycles. The Bertz CT molecular complexity index is 1160. The number of hydrogen-bond acceptors (Lipinski definition) is 6. The van der Waals surface area contributed by atoms with Crippen molar-refractivity contribution < 1.29 is 36.2 Å². The van der Waals surface area contributed by atoms with Gasteiger partial charge in [-0.1, -0.05) is 24.3 Å². The van der Waals surface area contributed by atoms with Crippen LogP contribution < -0.4 is 9.47 Å². The number of aromatic nitrogens is 2. The fourth-order valence-corrected chi connectivity index (χ4v) is 4.63. The quantitative estimate of drug-likeness (QED) is 0.485. The lowest BCUT2D eigenvalue weighted by atomic mass is 10.2. The second-order valence-corrected chi connectivity index (χ2v) is 9.33. The Morgan fingerprint density at radius 2 is 1.41 bits per heavy atom. The van der Waals surface area contributed by atoms with E-state index in [4.69, 9.17) is 9.47 Å². The summed E-state index contributed by atoms with van der Waals surface area (Å²) in [6.45, 7) is -0.155.